The van der Waals surface area contributed by atoms with Crippen molar-refractivity contribution in [3.63, 3.8) is 0 Å². The van der Waals surface area contributed by atoms with E-state index in [1.54, 1.807) is 35.4 Å². The lowest BCUT2D eigenvalue weighted by molar-refractivity contribution is 0.102. The van der Waals surface area contributed by atoms with Crippen molar-refractivity contribution in [2.24, 2.45) is 0 Å². The number of nitrogens with one attached hydrogen (secondary N) is 1. The van der Waals surface area contributed by atoms with E-state index in [1.807, 2.05) is 6.92 Å². The summed E-state index contributed by atoms with van der Waals surface area (Å²) in [5.74, 6) is 1.10. The Balaban J connectivity index is 1.55. The molecule has 7 nitrogen and oxygen atoms in total. The maximum Gasteiger partial charge on any atom is 0.259 e. The van der Waals surface area contributed by atoms with Crippen molar-refractivity contribution in [1.29, 1.82) is 0 Å². The van der Waals surface area contributed by atoms with Crippen molar-refractivity contribution in [3.8, 4) is 0 Å². The second-order valence-electron chi connectivity index (χ2n) is 5.77. The first-order valence-electron chi connectivity index (χ1n) is 7.65. The molecule has 0 bridgehead atoms. The van der Waals surface area contributed by atoms with Gasteiger partial charge < -0.3 is 5.32 Å². The topological polar surface area (TPSA) is 85.1 Å². The first-order valence-corrected chi connectivity index (χ1v) is 7.65. The monoisotopic (exact) mass is 308 g/mol. The molecule has 1 saturated carbocycles. The number of aryl methyl sites for hydroxylation is 1. The average Bonchev–Trinajstić information content (AvgIpc) is 2.97. The molecule has 23 heavy (non-hydrogen) atoms. The van der Waals surface area contributed by atoms with E-state index in [0.29, 0.717) is 22.8 Å². The van der Waals surface area contributed by atoms with Crippen LogP contribution in [-0.4, -0.2) is 30.5 Å². The normalized spacial score (nSPS) is 14.7. The number of carbonyl (C=O) groups excluding carboxylic acids is 1. The summed E-state index contributed by atoms with van der Waals surface area (Å²) >= 11 is 0. The van der Waals surface area contributed by atoms with Crippen LogP contribution in [0.15, 0.2) is 30.9 Å². The Labute approximate surface area is 132 Å². The first-order chi connectivity index (χ1) is 11.2. The molecule has 3 aromatic rings. The lowest BCUT2D eigenvalue weighted by Crippen LogP contribution is -2.17. The molecule has 1 amide bonds. The van der Waals surface area contributed by atoms with Gasteiger partial charge in [-0.15, -0.1) is 0 Å². The van der Waals surface area contributed by atoms with E-state index < -0.39 is 0 Å². The molecule has 1 aliphatic rings. The highest BCUT2D eigenvalue weighted by Crippen LogP contribution is 2.34. The lowest BCUT2D eigenvalue weighted by atomic mass is 9.85. The molecule has 0 aromatic carbocycles. The second-order valence-corrected chi connectivity index (χ2v) is 5.77. The summed E-state index contributed by atoms with van der Waals surface area (Å²) in [5.41, 5.74) is 2.51. The zero-order valence-corrected chi connectivity index (χ0v) is 12.7. The number of carbonyl (C=O) groups is 1. The lowest BCUT2D eigenvalue weighted by Gasteiger charge is -2.23. The van der Waals surface area contributed by atoms with E-state index in [4.69, 9.17) is 0 Å². The Morgan fingerprint density at radius 3 is 2.70 bits per heavy atom. The molecule has 1 fully saturated rings. The van der Waals surface area contributed by atoms with Crippen molar-refractivity contribution in [2.45, 2.75) is 32.1 Å². The van der Waals surface area contributed by atoms with Gasteiger partial charge in [0.2, 0.25) is 0 Å². The van der Waals surface area contributed by atoms with Gasteiger partial charge in [0.1, 0.15) is 5.82 Å². The van der Waals surface area contributed by atoms with Crippen molar-refractivity contribution in [2.75, 3.05) is 5.32 Å². The SMILES string of the molecule is Cc1c(C(=O)Nc2cnc(C3CCC3)nc2)cnc2ccnn12. The van der Waals surface area contributed by atoms with Gasteiger partial charge in [0, 0.05) is 18.2 Å². The van der Waals surface area contributed by atoms with Gasteiger partial charge in [-0.05, 0) is 19.8 Å². The Morgan fingerprint density at radius 2 is 2.00 bits per heavy atom. The molecule has 0 aliphatic heterocycles. The Kier molecular flexibility index (Phi) is 3.25. The Morgan fingerprint density at radius 1 is 1.22 bits per heavy atom. The molecular formula is C16H16N6O. The number of nitrogens with zero attached hydrogens (tertiary/aromatic N) is 5. The van der Waals surface area contributed by atoms with Crippen LogP contribution in [0.3, 0.4) is 0 Å². The van der Waals surface area contributed by atoms with E-state index in [1.165, 1.54) is 6.42 Å². The van der Waals surface area contributed by atoms with E-state index in [-0.39, 0.29) is 5.91 Å². The van der Waals surface area contributed by atoms with E-state index in [0.717, 1.165) is 24.4 Å². The van der Waals surface area contributed by atoms with Crippen LogP contribution in [0.2, 0.25) is 0 Å². The number of fused-ring (bicyclic) bond motifs is 1. The first kappa shape index (κ1) is 13.8. The molecular weight excluding hydrogens is 292 g/mol. The van der Waals surface area contributed by atoms with Gasteiger partial charge in [0.05, 0.1) is 35.5 Å². The third kappa shape index (κ3) is 2.44. The summed E-state index contributed by atoms with van der Waals surface area (Å²) in [7, 11) is 0. The van der Waals surface area contributed by atoms with E-state index in [2.05, 4.69) is 25.4 Å². The molecule has 1 aliphatic carbocycles. The van der Waals surface area contributed by atoms with Gasteiger partial charge in [-0.25, -0.2) is 19.5 Å². The number of amides is 1. The standard InChI is InChI=1S/C16H16N6O/c1-10-13(9-17-14-5-6-20-22(10)14)16(23)21-12-7-18-15(19-8-12)11-3-2-4-11/h5-9,11H,2-4H2,1H3,(H,21,23). The van der Waals surface area contributed by atoms with E-state index >= 15 is 0 Å². The summed E-state index contributed by atoms with van der Waals surface area (Å²) in [5, 5.41) is 6.98. The van der Waals surface area contributed by atoms with Crippen molar-refractivity contribution < 1.29 is 4.79 Å². The highest BCUT2D eigenvalue weighted by Gasteiger charge is 2.22. The minimum absolute atomic E-state index is 0.243. The molecule has 1 N–H and O–H groups in total. The number of anilines is 1. The van der Waals surface area contributed by atoms with Crippen LogP contribution in [0, 0.1) is 6.92 Å². The van der Waals surface area contributed by atoms with Crippen LogP contribution < -0.4 is 5.32 Å². The molecule has 3 aromatic heterocycles. The number of hydrogen-bond donors (Lipinski definition) is 1. The number of hydrogen-bond acceptors (Lipinski definition) is 5. The number of rotatable bonds is 3. The van der Waals surface area contributed by atoms with Gasteiger partial charge in [0.25, 0.3) is 5.91 Å². The summed E-state index contributed by atoms with van der Waals surface area (Å²) in [6, 6.07) is 1.79. The van der Waals surface area contributed by atoms with Crippen LogP contribution in [-0.2, 0) is 0 Å². The van der Waals surface area contributed by atoms with Gasteiger partial charge in [-0.3, -0.25) is 4.79 Å². The molecule has 0 saturated heterocycles. The highest BCUT2D eigenvalue weighted by atomic mass is 16.1. The van der Waals surface area contributed by atoms with Gasteiger partial charge >= 0.3 is 0 Å². The fraction of sp³-hybridized carbons (Fsp3) is 0.312. The fourth-order valence-corrected chi connectivity index (χ4v) is 2.69. The molecule has 116 valence electrons. The van der Waals surface area contributed by atoms with Crippen LogP contribution in [0.4, 0.5) is 5.69 Å². The van der Waals surface area contributed by atoms with Crippen LogP contribution in [0.25, 0.3) is 5.65 Å². The minimum Gasteiger partial charge on any atom is -0.319 e. The van der Waals surface area contributed by atoms with E-state index in [9.17, 15) is 4.79 Å². The van der Waals surface area contributed by atoms with Crippen LogP contribution in [0.5, 0.6) is 0 Å². The summed E-state index contributed by atoms with van der Waals surface area (Å²) in [6.45, 7) is 1.84. The maximum atomic E-state index is 12.4. The summed E-state index contributed by atoms with van der Waals surface area (Å²) < 4.78 is 1.64. The minimum atomic E-state index is -0.243. The number of aromatic nitrogens is 5. The van der Waals surface area contributed by atoms with Crippen molar-refractivity contribution in [1.82, 2.24) is 24.6 Å². The van der Waals surface area contributed by atoms with Gasteiger partial charge in [0.15, 0.2) is 5.65 Å². The van der Waals surface area contributed by atoms with Crippen LogP contribution in [0.1, 0.15) is 47.1 Å². The van der Waals surface area contributed by atoms with Crippen molar-refractivity contribution >= 4 is 17.2 Å². The zero-order chi connectivity index (χ0) is 15.8. The third-order valence-electron chi connectivity index (χ3n) is 4.30. The molecule has 0 atom stereocenters. The smallest absolute Gasteiger partial charge is 0.259 e. The summed E-state index contributed by atoms with van der Waals surface area (Å²) in [4.78, 5) is 25.4. The zero-order valence-electron chi connectivity index (χ0n) is 12.7. The van der Waals surface area contributed by atoms with Gasteiger partial charge in [-0.2, -0.15) is 5.10 Å². The third-order valence-corrected chi connectivity index (χ3v) is 4.30. The molecule has 0 radical (unpaired) electrons. The quantitative estimate of drug-likeness (QED) is 0.802. The Hall–Kier alpha value is -2.83. The predicted molar refractivity (Wildman–Crippen MR) is 84.3 cm³/mol. The van der Waals surface area contributed by atoms with Gasteiger partial charge in [-0.1, -0.05) is 6.42 Å². The predicted octanol–water partition coefficient (Wildman–Crippen LogP) is 2.35. The molecule has 0 spiro atoms. The Bertz CT molecular complexity index is 866. The fourth-order valence-electron chi connectivity index (χ4n) is 2.69. The molecule has 4 rings (SSSR count). The summed E-state index contributed by atoms with van der Waals surface area (Å²) in [6.07, 6.45) is 10.1. The molecule has 0 unspecified atom stereocenters. The molecule has 7 heteroatoms. The largest absolute Gasteiger partial charge is 0.319 e. The second kappa shape index (κ2) is 5.42. The average molecular weight is 308 g/mol. The molecule has 3 heterocycles. The van der Waals surface area contributed by atoms with Crippen LogP contribution >= 0.6 is 0 Å². The highest BCUT2D eigenvalue weighted by molar-refractivity contribution is 6.04. The van der Waals surface area contributed by atoms with Crippen molar-refractivity contribution in [3.05, 3.63) is 47.9 Å². The maximum absolute atomic E-state index is 12.4.